The SMILES string of the molecule is CCOC(=O)c1c(CSc2ccccc2)[nH]c2cc(Br)c(O)c(CN3CCC(CO)CC3)c12.Cl. The van der Waals surface area contributed by atoms with E-state index in [9.17, 15) is 15.0 Å². The molecule has 1 aliphatic heterocycles. The lowest BCUT2D eigenvalue weighted by Gasteiger charge is -2.31. The van der Waals surface area contributed by atoms with Crippen molar-refractivity contribution < 1.29 is 19.7 Å². The molecular formula is C25H30BrClN2O4S. The summed E-state index contributed by atoms with van der Waals surface area (Å²) in [5, 5.41) is 21.2. The van der Waals surface area contributed by atoms with Crippen LogP contribution in [-0.4, -0.2) is 52.4 Å². The first-order chi connectivity index (χ1) is 16.0. The molecule has 2 heterocycles. The number of halogens is 2. The van der Waals surface area contributed by atoms with Gasteiger partial charge >= 0.3 is 5.97 Å². The second kappa shape index (κ2) is 12.3. The van der Waals surface area contributed by atoms with Crippen molar-refractivity contribution in [3.05, 3.63) is 57.7 Å². The minimum Gasteiger partial charge on any atom is -0.506 e. The molecule has 4 rings (SSSR count). The minimum atomic E-state index is -0.380. The number of H-pyrrole nitrogens is 1. The fourth-order valence-corrected chi connectivity index (χ4v) is 5.71. The average Bonchev–Trinajstić information content (AvgIpc) is 3.19. The van der Waals surface area contributed by atoms with Crippen LogP contribution < -0.4 is 0 Å². The highest BCUT2D eigenvalue weighted by atomic mass is 79.9. The van der Waals surface area contributed by atoms with Crippen LogP contribution in [0.25, 0.3) is 10.9 Å². The van der Waals surface area contributed by atoms with Gasteiger partial charge in [-0.25, -0.2) is 4.79 Å². The number of hydrogen-bond acceptors (Lipinski definition) is 6. The predicted octanol–water partition coefficient (Wildman–Crippen LogP) is 5.73. The van der Waals surface area contributed by atoms with E-state index in [1.54, 1.807) is 18.7 Å². The van der Waals surface area contributed by atoms with Gasteiger partial charge in [0.1, 0.15) is 5.75 Å². The molecule has 1 aliphatic rings. The molecule has 0 saturated carbocycles. The molecule has 2 aromatic carbocycles. The van der Waals surface area contributed by atoms with Crippen LogP contribution in [0.3, 0.4) is 0 Å². The summed E-state index contributed by atoms with van der Waals surface area (Å²) in [6, 6.07) is 11.9. The van der Waals surface area contributed by atoms with Gasteiger partial charge in [-0.2, -0.15) is 0 Å². The zero-order valence-electron chi connectivity index (χ0n) is 19.1. The third-order valence-electron chi connectivity index (χ3n) is 6.14. The van der Waals surface area contributed by atoms with Crippen LogP contribution >= 0.6 is 40.1 Å². The van der Waals surface area contributed by atoms with E-state index in [0.717, 1.165) is 53.0 Å². The monoisotopic (exact) mass is 568 g/mol. The lowest BCUT2D eigenvalue weighted by molar-refractivity contribution is 0.0527. The molecule has 3 N–H and O–H groups in total. The Labute approximate surface area is 218 Å². The number of carbonyl (C=O) groups excluding carboxylic acids is 1. The summed E-state index contributed by atoms with van der Waals surface area (Å²) in [5.74, 6) is 0.682. The Morgan fingerprint density at radius 3 is 2.62 bits per heavy atom. The minimum absolute atomic E-state index is 0. The Hall–Kier alpha value is -1.71. The molecule has 1 fully saturated rings. The summed E-state index contributed by atoms with van der Waals surface area (Å²) in [5.41, 5.74) is 2.80. The molecule has 0 aliphatic carbocycles. The van der Waals surface area contributed by atoms with E-state index >= 15 is 0 Å². The quantitative estimate of drug-likeness (QED) is 0.237. The van der Waals surface area contributed by atoms with Gasteiger partial charge in [0.15, 0.2) is 0 Å². The maximum absolute atomic E-state index is 13.1. The van der Waals surface area contributed by atoms with Crippen LogP contribution in [0.5, 0.6) is 5.75 Å². The van der Waals surface area contributed by atoms with Crippen molar-refractivity contribution >= 4 is 57.0 Å². The average molecular weight is 570 g/mol. The molecule has 34 heavy (non-hydrogen) atoms. The molecule has 1 aromatic heterocycles. The first-order valence-corrected chi connectivity index (χ1v) is 13.0. The van der Waals surface area contributed by atoms with Crippen molar-refractivity contribution in [1.82, 2.24) is 9.88 Å². The number of rotatable bonds is 8. The number of aromatic hydroxyl groups is 1. The fourth-order valence-electron chi connectivity index (χ4n) is 4.37. The number of aromatic amines is 1. The van der Waals surface area contributed by atoms with Gasteiger partial charge in [-0.05, 0) is 72.9 Å². The largest absolute Gasteiger partial charge is 0.506 e. The second-order valence-electron chi connectivity index (χ2n) is 8.31. The first kappa shape index (κ1) is 26.9. The summed E-state index contributed by atoms with van der Waals surface area (Å²) >= 11 is 5.13. The Balaban J connectivity index is 0.00000324. The summed E-state index contributed by atoms with van der Waals surface area (Å²) < 4.78 is 6.02. The molecule has 0 bridgehead atoms. The molecule has 0 spiro atoms. The number of aliphatic hydroxyl groups excluding tert-OH is 1. The number of likely N-dealkylation sites (tertiary alicyclic amines) is 1. The zero-order valence-corrected chi connectivity index (χ0v) is 22.3. The van der Waals surface area contributed by atoms with Crippen LogP contribution in [0, 0.1) is 5.92 Å². The molecule has 184 valence electrons. The maximum Gasteiger partial charge on any atom is 0.340 e. The van der Waals surface area contributed by atoms with Crippen LogP contribution in [0.4, 0.5) is 0 Å². The molecule has 0 unspecified atom stereocenters. The van der Waals surface area contributed by atoms with Crippen molar-refractivity contribution in [2.75, 3.05) is 26.3 Å². The molecule has 3 aromatic rings. The highest BCUT2D eigenvalue weighted by molar-refractivity contribution is 9.10. The molecule has 0 radical (unpaired) electrons. The number of aliphatic hydroxyl groups is 1. The van der Waals surface area contributed by atoms with Gasteiger partial charge in [0.2, 0.25) is 0 Å². The van der Waals surface area contributed by atoms with Gasteiger partial charge in [0.25, 0.3) is 0 Å². The van der Waals surface area contributed by atoms with Crippen molar-refractivity contribution in [2.45, 2.75) is 37.0 Å². The smallest absolute Gasteiger partial charge is 0.340 e. The molecular weight excluding hydrogens is 540 g/mol. The molecule has 0 atom stereocenters. The fraction of sp³-hybridized carbons (Fsp3) is 0.400. The topological polar surface area (TPSA) is 85.8 Å². The number of phenolic OH excluding ortho intramolecular Hbond substituents is 1. The summed E-state index contributed by atoms with van der Waals surface area (Å²) in [7, 11) is 0. The number of hydrogen-bond donors (Lipinski definition) is 3. The van der Waals surface area contributed by atoms with Crippen LogP contribution in [0.1, 0.15) is 41.4 Å². The Bertz CT molecular complexity index is 1120. The Kier molecular flexibility index (Phi) is 9.74. The number of phenols is 1. The number of thioether (sulfide) groups is 1. The number of ether oxygens (including phenoxy) is 1. The number of carbonyl (C=O) groups is 1. The number of benzene rings is 2. The van der Waals surface area contributed by atoms with Gasteiger partial charge in [-0.1, -0.05) is 18.2 Å². The van der Waals surface area contributed by atoms with E-state index in [1.807, 2.05) is 36.4 Å². The van der Waals surface area contributed by atoms with Crippen LogP contribution in [0.15, 0.2) is 45.8 Å². The number of esters is 1. The van der Waals surface area contributed by atoms with Crippen molar-refractivity contribution in [3.8, 4) is 5.75 Å². The molecule has 9 heteroatoms. The third kappa shape index (κ3) is 5.91. The number of aromatic nitrogens is 1. The van der Waals surface area contributed by atoms with Gasteiger partial charge in [-0.15, -0.1) is 24.2 Å². The van der Waals surface area contributed by atoms with E-state index in [1.165, 1.54) is 0 Å². The van der Waals surface area contributed by atoms with E-state index < -0.39 is 0 Å². The van der Waals surface area contributed by atoms with Gasteiger partial charge < -0.3 is 19.9 Å². The lowest BCUT2D eigenvalue weighted by atomic mass is 9.96. The van der Waals surface area contributed by atoms with E-state index in [2.05, 4.69) is 25.8 Å². The Morgan fingerprint density at radius 1 is 1.26 bits per heavy atom. The van der Waals surface area contributed by atoms with E-state index in [0.29, 0.717) is 28.3 Å². The Morgan fingerprint density at radius 2 is 1.97 bits per heavy atom. The highest BCUT2D eigenvalue weighted by Crippen LogP contribution is 2.40. The first-order valence-electron chi connectivity index (χ1n) is 11.2. The van der Waals surface area contributed by atoms with Gasteiger partial charge in [0, 0.05) is 46.0 Å². The molecule has 0 amide bonds. The van der Waals surface area contributed by atoms with Crippen molar-refractivity contribution in [1.29, 1.82) is 0 Å². The standard InChI is InChI=1S/C25H29BrN2O4S.ClH/c1-2-32-25(31)23-21(15-33-17-6-4-3-5-7-17)27-20-12-19(26)24(30)18(22(20)23)13-28-10-8-16(14-29)9-11-28;/h3-7,12,16,27,29-30H,2,8-11,13-15H2,1H3;1H. The molecule has 6 nitrogen and oxygen atoms in total. The number of nitrogens with one attached hydrogen (secondary N) is 1. The van der Waals surface area contributed by atoms with E-state index in [-0.39, 0.29) is 37.3 Å². The molecule has 1 saturated heterocycles. The maximum atomic E-state index is 13.1. The van der Waals surface area contributed by atoms with Gasteiger partial charge in [-0.3, -0.25) is 4.90 Å². The lowest BCUT2D eigenvalue weighted by Crippen LogP contribution is -2.34. The van der Waals surface area contributed by atoms with Crippen molar-refractivity contribution in [3.63, 3.8) is 0 Å². The van der Waals surface area contributed by atoms with Crippen LogP contribution in [-0.2, 0) is 17.0 Å². The third-order valence-corrected chi connectivity index (χ3v) is 7.79. The van der Waals surface area contributed by atoms with E-state index in [4.69, 9.17) is 4.74 Å². The summed E-state index contributed by atoms with van der Waals surface area (Å²) in [6.45, 7) is 4.50. The number of nitrogens with zero attached hydrogens (tertiary/aromatic N) is 1. The highest BCUT2D eigenvalue weighted by Gasteiger charge is 2.27. The van der Waals surface area contributed by atoms with Gasteiger partial charge in [0.05, 0.1) is 16.6 Å². The number of piperidine rings is 1. The predicted molar refractivity (Wildman–Crippen MR) is 142 cm³/mol. The zero-order chi connectivity index (χ0) is 23.4. The van der Waals surface area contributed by atoms with Crippen LogP contribution in [0.2, 0.25) is 0 Å². The normalized spacial score (nSPS) is 14.8. The summed E-state index contributed by atoms with van der Waals surface area (Å²) in [4.78, 5) is 19.9. The number of fused-ring (bicyclic) bond motifs is 1. The second-order valence-corrected chi connectivity index (χ2v) is 10.2. The van der Waals surface area contributed by atoms with Crippen molar-refractivity contribution in [2.24, 2.45) is 5.92 Å². The summed E-state index contributed by atoms with van der Waals surface area (Å²) in [6.07, 6.45) is 1.84.